The van der Waals surface area contributed by atoms with Crippen molar-refractivity contribution < 1.29 is 14.6 Å². The maximum absolute atomic E-state index is 11.7. The van der Waals surface area contributed by atoms with Gasteiger partial charge in [-0.25, -0.2) is 5.43 Å². The highest BCUT2D eigenvalue weighted by molar-refractivity contribution is 9.11. The zero-order valence-electron chi connectivity index (χ0n) is 11.9. The Kier molecular flexibility index (Phi) is 6.81. The summed E-state index contributed by atoms with van der Waals surface area (Å²) in [5, 5.41) is 13.7. The van der Waals surface area contributed by atoms with Gasteiger partial charge in [0.05, 0.1) is 23.9 Å². The number of carbonyl (C=O) groups is 1. The first-order valence-electron chi connectivity index (χ1n) is 6.86. The third-order valence-electron chi connectivity index (χ3n) is 3.21. The van der Waals surface area contributed by atoms with Gasteiger partial charge in [0.15, 0.2) is 0 Å². The highest BCUT2D eigenvalue weighted by Gasteiger charge is 2.11. The highest BCUT2D eigenvalue weighted by atomic mass is 79.9. The first kappa shape index (κ1) is 17.4. The van der Waals surface area contributed by atoms with Crippen molar-refractivity contribution in [2.75, 3.05) is 32.8 Å². The van der Waals surface area contributed by atoms with Crippen LogP contribution in [0.2, 0.25) is 0 Å². The van der Waals surface area contributed by atoms with Gasteiger partial charge in [-0.3, -0.25) is 9.69 Å². The second-order valence-corrected chi connectivity index (χ2v) is 6.59. The van der Waals surface area contributed by atoms with Crippen LogP contribution in [-0.2, 0) is 9.53 Å². The fourth-order valence-electron chi connectivity index (χ4n) is 2.00. The summed E-state index contributed by atoms with van der Waals surface area (Å²) in [6.45, 7) is 3.85. The van der Waals surface area contributed by atoms with Gasteiger partial charge in [0, 0.05) is 36.1 Å². The molecular weight excluding hydrogens is 418 g/mol. The molecule has 0 bridgehead atoms. The molecule has 2 N–H and O–H groups in total. The zero-order valence-corrected chi connectivity index (χ0v) is 15.1. The van der Waals surface area contributed by atoms with E-state index in [2.05, 4.69) is 47.3 Å². The van der Waals surface area contributed by atoms with Crippen LogP contribution in [0.3, 0.4) is 0 Å². The molecule has 1 heterocycles. The van der Waals surface area contributed by atoms with Gasteiger partial charge in [0.1, 0.15) is 5.75 Å². The molecule has 22 heavy (non-hydrogen) atoms. The minimum absolute atomic E-state index is 0.0783. The average Bonchev–Trinajstić information content (AvgIpc) is 2.51. The van der Waals surface area contributed by atoms with Crippen LogP contribution in [0.15, 0.2) is 26.2 Å². The van der Waals surface area contributed by atoms with E-state index in [0.29, 0.717) is 23.0 Å². The number of hydrogen-bond donors (Lipinski definition) is 2. The summed E-state index contributed by atoms with van der Waals surface area (Å²) < 4.78 is 6.61. The van der Waals surface area contributed by atoms with Crippen LogP contribution in [0.25, 0.3) is 0 Å². The van der Waals surface area contributed by atoms with Crippen molar-refractivity contribution in [2.45, 2.75) is 6.42 Å². The summed E-state index contributed by atoms with van der Waals surface area (Å²) in [5.41, 5.74) is 2.98. The number of phenols is 1. The molecule has 2 rings (SSSR count). The molecule has 1 fully saturated rings. The SMILES string of the molecule is O=C(CCN1CCOCC1)NN=Cc1cc(Br)cc(Br)c1O. The minimum atomic E-state index is -0.156. The molecule has 1 aromatic rings. The Morgan fingerprint density at radius 2 is 2.14 bits per heavy atom. The van der Waals surface area contributed by atoms with Crippen LogP contribution in [-0.4, -0.2) is 55.0 Å². The van der Waals surface area contributed by atoms with Crippen LogP contribution < -0.4 is 5.43 Å². The maximum Gasteiger partial charge on any atom is 0.241 e. The fourth-order valence-corrected chi connectivity index (χ4v) is 3.26. The smallest absolute Gasteiger partial charge is 0.241 e. The highest BCUT2D eigenvalue weighted by Crippen LogP contribution is 2.30. The molecule has 1 aromatic carbocycles. The number of ether oxygens (including phenoxy) is 1. The summed E-state index contributed by atoms with van der Waals surface area (Å²) >= 11 is 6.57. The predicted octanol–water partition coefficient (Wildman–Crippen LogP) is 2.09. The molecule has 1 aliphatic rings. The normalized spacial score (nSPS) is 16.1. The summed E-state index contributed by atoms with van der Waals surface area (Å²) in [6, 6.07) is 3.44. The van der Waals surface area contributed by atoms with Crippen LogP contribution in [0, 0.1) is 0 Å². The number of aromatic hydroxyl groups is 1. The van der Waals surface area contributed by atoms with Gasteiger partial charge in [-0.15, -0.1) is 0 Å². The molecular formula is C14H17Br2N3O3. The number of hydrogen-bond acceptors (Lipinski definition) is 5. The molecule has 6 nitrogen and oxygen atoms in total. The third-order valence-corrected chi connectivity index (χ3v) is 4.27. The van der Waals surface area contributed by atoms with E-state index in [1.165, 1.54) is 6.21 Å². The van der Waals surface area contributed by atoms with Crippen molar-refractivity contribution in [3.8, 4) is 5.75 Å². The Morgan fingerprint density at radius 3 is 2.86 bits per heavy atom. The van der Waals surface area contributed by atoms with E-state index in [4.69, 9.17) is 4.74 Å². The second kappa shape index (κ2) is 8.61. The lowest BCUT2D eigenvalue weighted by atomic mass is 10.2. The Balaban J connectivity index is 1.80. The minimum Gasteiger partial charge on any atom is -0.506 e. The monoisotopic (exact) mass is 433 g/mol. The predicted molar refractivity (Wildman–Crippen MR) is 91.1 cm³/mol. The number of rotatable bonds is 5. The molecule has 120 valence electrons. The molecule has 1 amide bonds. The molecule has 0 aliphatic carbocycles. The van der Waals surface area contributed by atoms with Crippen molar-refractivity contribution in [1.29, 1.82) is 0 Å². The largest absolute Gasteiger partial charge is 0.506 e. The molecule has 0 saturated carbocycles. The van der Waals surface area contributed by atoms with Crippen molar-refractivity contribution >= 4 is 44.0 Å². The van der Waals surface area contributed by atoms with E-state index >= 15 is 0 Å². The summed E-state index contributed by atoms with van der Waals surface area (Å²) in [6.07, 6.45) is 1.79. The van der Waals surface area contributed by atoms with Crippen molar-refractivity contribution in [3.05, 3.63) is 26.6 Å². The van der Waals surface area contributed by atoms with E-state index < -0.39 is 0 Å². The topological polar surface area (TPSA) is 74.2 Å². The Morgan fingerprint density at radius 1 is 1.41 bits per heavy atom. The van der Waals surface area contributed by atoms with E-state index in [1.54, 1.807) is 12.1 Å². The summed E-state index contributed by atoms with van der Waals surface area (Å²) in [7, 11) is 0. The Labute approximate surface area is 145 Å². The van der Waals surface area contributed by atoms with Crippen molar-refractivity contribution in [1.82, 2.24) is 10.3 Å². The van der Waals surface area contributed by atoms with Gasteiger partial charge in [-0.2, -0.15) is 5.10 Å². The quantitative estimate of drug-likeness (QED) is 0.549. The first-order valence-corrected chi connectivity index (χ1v) is 8.45. The Bertz CT molecular complexity index is 561. The molecule has 0 unspecified atom stereocenters. The van der Waals surface area contributed by atoms with E-state index in [1.807, 2.05) is 0 Å². The van der Waals surface area contributed by atoms with Gasteiger partial charge < -0.3 is 9.84 Å². The fraction of sp³-hybridized carbons (Fsp3) is 0.429. The zero-order chi connectivity index (χ0) is 15.9. The van der Waals surface area contributed by atoms with Crippen LogP contribution in [0.4, 0.5) is 0 Å². The molecule has 8 heteroatoms. The second-order valence-electron chi connectivity index (χ2n) is 4.82. The summed E-state index contributed by atoms with van der Waals surface area (Å²) in [5.74, 6) is -0.0780. The molecule has 1 aliphatic heterocycles. The van der Waals surface area contributed by atoms with Gasteiger partial charge in [0.25, 0.3) is 0 Å². The van der Waals surface area contributed by atoms with Crippen LogP contribution in [0.5, 0.6) is 5.75 Å². The van der Waals surface area contributed by atoms with Crippen molar-refractivity contribution in [2.24, 2.45) is 5.10 Å². The van der Waals surface area contributed by atoms with Gasteiger partial charge in [0.2, 0.25) is 5.91 Å². The molecule has 0 spiro atoms. The van der Waals surface area contributed by atoms with E-state index in [9.17, 15) is 9.90 Å². The van der Waals surface area contributed by atoms with E-state index in [0.717, 1.165) is 30.8 Å². The molecule has 0 radical (unpaired) electrons. The van der Waals surface area contributed by atoms with Crippen LogP contribution in [0.1, 0.15) is 12.0 Å². The number of morpholine rings is 1. The lowest BCUT2D eigenvalue weighted by molar-refractivity contribution is -0.121. The van der Waals surface area contributed by atoms with Gasteiger partial charge >= 0.3 is 0 Å². The number of phenolic OH excluding ortho intramolecular Hbond substituents is 1. The standard InChI is InChI=1S/C14H17Br2N3O3/c15-11-7-10(14(21)12(16)8-11)9-17-18-13(20)1-2-19-3-5-22-6-4-19/h7-9,21H,1-6H2,(H,18,20). The number of nitrogens with one attached hydrogen (secondary N) is 1. The lowest BCUT2D eigenvalue weighted by Gasteiger charge is -2.25. The average molecular weight is 435 g/mol. The molecule has 1 saturated heterocycles. The Hall–Kier alpha value is -0.960. The van der Waals surface area contributed by atoms with Crippen molar-refractivity contribution in [3.63, 3.8) is 0 Å². The summed E-state index contributed by atoms with van der Waals surface area (Å²) in [4.78, 5) is 13.9. The number of benzene rings is 1. The number of carbonyl (C=O) groups excluding carboxylic acids is 1. The molecule has 0 aromatic heterocycles. The van der Waals surface area contributed by atoms with Gasteiger partial charge in [-0.1, -0.05) is 15.9 Å². The van der Waals surface area contributed by atoms with E-state index in [-0.39, 0.29) is 11.7 Å². The first-order chi connectivity index (χ1) is 10.6. The lowest BCUT2D eigenvalue weighted by Crippen LogP contribution is -2.38. The molecule has 0 atom stereocenters. The number of amides is 1. The number of halogens is 2. The third kappa shape index (κ3) is 5.35. The number of hydrazone groups is 1. The number of nitrogens with zero attached hydrogens (tertiary/aromatic N) is 2. The van der Waals surface area contributed by atoms with Crippen LogP contribution >= 0.6 is 31.9 Å². The van der Waals surface area contributed by atoms with Gasteiger partial charge in [-0.05, 0) is 28.1 Å². The maximum atomic E-state index is 11.7.